The SMILES string of the molecule is O=C(c1cc(-c2ccc(F)cc2)on1)N1CCN(Cc2ccccc2Br)CC1. The smallest absolute Gasteiger partial charge is 0.276 e. The lowest BCUT2D eigenvalue weighted by Crippen LogP contribution is -2.48. The lowest BCUT2D eigenvalue weighted by atomic mass is 10.1. The van der Waals surface area contributed by atoms with Crippen molar-refractivity contribution in [2.45, 2.75) is 6.54 Å². The Hall–Kier alpha value is -2.51. The minimum atomic E-state index is -0.319. The molecule has 1 aromatic heterocycles. The van der Waals surface area contributed by atoms with E-state index in [9.17, 15) is 9.18 Å². The summed E-state index contributed by atoms with van der Waals surface area (Å²) in [4.78, 5) is 16.9. The van der Waals surface area contributed by atoms with Gasteiger partial charge in [-0.15, -0.1) is 0 Å². The average Bonchev–Trinajstić information content (AvgIpc) is 3.20. The molecule has 1 aliphatic rings. The number of hydrogen-bond acceptors (Lipinski definition) is 4. The predicted molar refractivity (Wildman–Crippen MR) is 107 cm³/mol. The van der Waals surface area contributed by atoms with Crippen LogP contribution in [0.2, 0.25) is 0 Å². The molecule has 5 nitrogen and oxygen atoms in total. The largest absolute Gasteiger partial charge is 0.355 e. The number of hydrogen-bond donors (Lipinski definition) is 0. The molecule has 0 radical (unpaired) electrons. The molecule has 28 heavy (non-hydrogen) atoms. The minimum Gasteiger partial charge on any atom is -0.355 e. The minimum absolute atomic E-state index is 0.141. The maximum atomic E-state index is 13.1. The highest BCUT2D eigenvalue weighted by Crippen LogP contribution is 2.22. The second kappa shape index (κ2) is 8.24. The van der Waals surface area contributed by atoms with Crippen molar-refractivity contribution in [3.05, 3.63) is 76.1 Å². The summed E-state index contributed by atoms with van der Waals surface area (Å²) in [6.07, 6.45) is 0. The van der Waals surface area contributed by atoms with E-state index >= 15 is 0 Å². The van der Waals surface area contributed by atoms with E-state index in [-0.39, 0.29) is 17.4 Å². The van der Waals surface area contributed by atoms with Crippen molar-refractivity contribution >= 4 is 21.8 Å². The molecule has 0 unspecified atom stereocenters. The van der Waals surface area contributed by atoms with Crippen LogP contribution >= 0.6 is 15.9 Å². The Morgan fingerprint density at radius 1 is 1.07 bits per heavy atom. The molecule has 0 atom stereocenters. The molecule has 0 spiro atoms. The average molecular weight is 444 g/mol. The molecule has 3 aromatic rings. The molecular weight excluding hydrogens is 425 g/mol. The van der Waals surface area contributed by atoms with E-state index in [1.807, 2.05) is 18.2 Å². The third kappa shape index (κ3) is 4.15. The van der Waals surface area contributed by atoms with E-state index in [0.717, 1.165) is 24.1 Å². The van der Waals surface area contributed by atoms with Gasteiger partial charge in [0, 0.05) is 48.8 Å². The lowest BCUT2D eigenvalue weighted by Gasteiger charge is -2.34. The Kier molecular flexibility index (Phi) is 5.54. The highest BCUT2D eigenvalue weighted by Gasteiger charge is 2.25. The van der Waals surface area contributed by atoms with Crippen molar-refractivity contribution in [2.24, 2.45) is 0 Å². The zero-order valence-corrected chi connectivity index (χ0v) is 16.7. The van der Waals surface area contributed by atoms with Crippen LogP contribution in [0.4, 0.5) is 4.39 Å². The van der Waals surface area contributed by atoms with Crippen LogP contribution in [0.3, 0.4) is 0 Å². The first-order chi connectivity index (χ1) is 13.6. The van der Waals surface area contributed by atoms with Crippen molar-refractivity contribution in [1.29, 1.82) is 0 Å². The Balaban J connectivity index is 1.36. The summed E-state index contributed by atoms with van der Waals surface area (Å²) in [6, 6.07) is 15.7. The standard InChI is InChI=1S/C21H19BrFN3O2/c22-18-4-2-1-3-16(18)14-25-9-11-26(12-10-25)21(27)19-13-20(28-24-19)15-5-7-17(23)8-6-15/h1-8,13H,9-12,14H2. The van der Waals surface area contributed by atoms with Gasteiger partial charge in [-0.3, -0.25) is 9.69 Å². The van der Waals surface area contributed by atoms with E-state index in [2.05, 4.69) is 32.1 Å². The molecule has 144 valence electrons. The molecule has 0 saturated carbocycles. The normalized spacial score (nSPS) is 15.0. The van der Waals surface area contributed by atoms with E-state index in [1.54, 1.807) is 23.1 Å². The van der Waals surface area contributed by atoms with Crippen LogP contribution in [-0.2, 0) is 6.54 Å². The number of halogens is 2. The number of benzene rings is 2. The molecule has 2 heterocycles. The van der Waals surface area contributed by atoms with Gasteiger partial charge in [0.25, 0.3) is 5.91 Å². The Labute approximate surface area is 170 Å². The van der Waals surface area contributed by atoms with Crippen LogP contribution < -0.4 is 0 Å². The van der Waals surface area contributed by atoms with Gasteiger partial charge >= 0.3 is 0 Å². The molecule has 2 aromatic carbocycles. The topological polar surface area (TPSA) is 49.6 Å². The summed E-state index contributed by atoms with van der Waals surface area (Å²) in [5.41, 5.74) is 2.20. The van der Waals surface area contributed by atoms with Crippen molar-refractivity contribution in [1.82, 2.24) is 15.0 Å². The number of amides is 1. The van der Waals surface area contributed by atoms with Crippen molar-refractivity contribution in [2.75, 3.05) is 26.2 Å². The Morgan fingerprint density at radius 2 is 1.79 bits per heavy atom. The number of carbonyl (C=O) groups excluding carboxylic acids is 1. The van der Waals surface area contributed by atoms with Crippen LogP contribution in [0, 0.1) is 5.82 Å². The Morgan fingerprint density at radius 3 is 2.50 bits per heavy atom. The van der Waals surface area contributed by atoms with Crippen molar-refractivity contribution in [3.63, 3.8) is 0 Å². The van der Waals surface area contributed by atoms with Gasteiger partial charge in [-0.05, 0) is 35.9 Å². The van der Waals surface area contributed by atoms with Crippen LogP contribution in [0.15, 0.2) is 63.6 Å². The summed E-state index contributed by atoms with van der Waals surface area (Å²) in [5.74, 6) is -0.00599. The van der Waals surface area contributed by atoms with Gasteiger partial charge in [0.15, 0.2) is 11.5 Å². The number of rotatable bonds is 4. The second-order valence-electron chi connectivity index (χ2n) is 6.74. The molecule has 0 N–H and O–H groups in total. The van der Waals surface area contributed by atoms with E-state index < -0.39 is 0 Å². The first kappa shape index (κ1) is 18.8. The van der Waals surface area contributed by atoms with Gasteiger partial charge < -0.3 is 9.42 Å². The van der Waals surface area contributed by atoms with Crippen molar-refractivity contribution < 1.29 is 13.7 Å². The summed E-state index contributed by atoms with van der Waals surface area (Å²) >= 11 is 3.58. The third-order valence-electron chi connectivity index (χ3n) is 4.87. The fourth-order valence-electron chi connectivity index (χ4n) is 3.26. The summed E-state index contributed by atoms with van der Waals surface area (Å²) in [5, 5.41) is 3.91. The van der Waals surface area contributed by atoms with Gasteiger partial charge in [0.05, 0.1) is 0 Å². The maximum absolute atomic E-state index is 13.1. The molecule has 0 bridgehead atoms. The summed E-state index contributed by atoms with van der Waals surface area (Å²) in [6.45, 7) is 3.73. The highest BCUT2D eigenvalue weighted by molar-refractivity contribution is 9.10. The van der Waals surface area contributed by atoms with Gasteiger partial charge in [-0.1, -0.05) is 39.3 Å². The molecule has 7 heteroatoms. The first-order valence-electron chi connectivity index (χ1n) is 9.08. The van der Waals surface area contributed by atoms with Gasteiger partial charge in [0.1, 0.15) is 5.82 Å². The number of piperazine rings is 1. The number of aromatic nitrogens is 1. The second-order valence-corrected chi connectivity index (χ2v) is 7.60. The first-order valence-corrected chi connectivity index (χ1v) is 9.87. The highest BCUT2D eigenvalue weighted by atomic mass is 79.9. The molecule has 1 fully saturated rings. The fourth-order valence-corrected chi connectivity index (χ4v) is 3.67. The molecular formula is C21H19BrFN3O2. The lowest BCUT2D eigenvalue weighted by molar-refractivity contribution is 0.0618. The Bertz CT molecular complexity index is 966. The van der Waals surface area contributed by atoms with Crippen LogP contribution in [0.1, 0.15) is 16.1 Å². The molecule has 1 amide bonds. The monoisotopic (exact) mass is 443 g/mol. The van der Waals surface area contributed by atoms with E-state index in [0.29, 0.717) is 24.4 Å². The summed E-state index contributed by atoms with van der Waals surface area (Å²) in [7, 11) is 0. The number of nitrogens with zero attached hydrogens (tertiary/aromatic N) is 3. The maximum Gasteiger partial charge on any atom is 0.276 e. The van der Waals surface area contributed by atoms with E-state index in [4.69, 9.17) is 4.52 Å². The molecule has 1 saturated heterocycles. The van der Waals surface area contributed by atoms with Crippen LogP contribution in [-0.4, -0.2) is 47.0 Å². The van der Waals surface area contributed by atoms with Crippen LogP contribution in [0.5, 0.6) is 0 Å². The zero-order valence-electron chi connectivity index (χ0n) is 15.1. The predicted octanol–water partition coefficient (Wildman–Crippen LogP) is 4.20. The van der Waals surface area contributed by atoms with Crippen molar-refractivity contribution in [3.8, 4) is 11.3 Å². The van der Waals surface area contributed by atoms with Gasteiger partial charge in [0.2, 0.25) is 0 Å². The zero-order chi connectivity index (χ0) is 19.5. The quantitative estimate of drug-likeness (QED) is 0.606. The van der Waals surface area contributed by atoms with Gasteiger partial charge in [-0.2, -0.15) is 0 Å². The van der Waals surface area contributed by atoms with Gasteiger partial charge in [-0.25, -0.2) is 4.39 Å². The van der Waals surface area contributed by atoms with Crippen LogP contribution in [0.25, 0.3) is 11.3 Å². The van der Waals surface area contributed by atoms with E-state index in [1.165, 1.54) is 17.7 Å². The third-order valence-corrected chi connectivity index (χ3v) is 5.64. The number of carbonyl (C=O) groups is 1. The summed E-state index contributed by atoms with van der Waals surface area (Å²) < 4.78 is 19.4. The molecule has 0 aliphatic carbocycles. The fraction of sp³-hybridized carbons (Fsp3) is 0.238. The molecule has 1 aliphatic heterocycles. The molecule has 4 rings (SSSR count).